The number of hydrogen-bond donors (Lipinski definition) is 2. The van der Waals surface area contributed by atoms with E-state index in [4.69, 9.17) is 10.00 Å². The van der Waals surface area contributed by atoms with E-state index >= 15 is 0 Å². The number of methoxy groups -OCH3 is 1. The molecular weight excluding hydrogens is 328 g/mol. The van der Waals surface area contributed by atoms with E-state index in [9.17, 15) is 9.90 Å². The zero-order valence-electron chi connectivity index (χ0n) is 15.4. The van der Waals surface area contributed by atoms with E-state index in [1.165, 1.54) is 0 Å². The van der Waals surface area contributed by atoms with Crippen LogP contribution in [0.15, 0.2) is 42.5 Å². The predicted molar refractivity (Wildman–Crippen MR) is 101 cm³/mol. The minimum Gasteiger partial charge on any atom is -0.497 e. The molecule has 0 amide bonds. The van der Waals surface area contributed by atoms with Gasteiger partial charge in [0.15, 0.2) is 5.54 Å². The Bertz CT molecular complexity index is 809. The van der Waals surface area contributed by atoms with Gasteiger partial charge in [-0.05, 0) is 60.4 Å². The first-order chi connectivity index (χ1) is 12.5. The summed E-state index contributed by atoms with van der Waals surface area (Å²) in [7, 11) is 1.58. The Balaban J connectivity index is 2.53. The number of nitrogens with one attached hydrogen (secondary N) is 1. The number of nitrogens with zero attached hydrogens (tertiary/aromatic N) is 1. The fourth-order valence-electron chi connectivity index (χ4n) is 3.03. The summed E-state index contributed by atoms with van der Waals surface area (Å²) in [5.74, 6) is -0.313. The number of anilines is 1. The Morgan fingerprint density at radius 1 is 1.23 bits per heavy atom. The van der Waals surface area contributed by atoms with Gasteiger partial charge in [-0.1, -0.05) is 26.3 Å². The summed E-state index contributed by atoms with van der Waals surface area (Å²) in [4.78, 5) is 12.3. The maximum atomic E-state index is 12.3. The zero-order valence-corrected chi connectivity index (χ0v) is 15.4. The van der Waals surface area contributed by atoms with E-state index in [-0.39, 0.29) is 0 Å². The average molecular weight is 352 g/mol. The monoisotopic (exact) mass is 352 g/mol. The van der Waals surface area contributed by atoms with E-state index in [0.29, 0.717) is 29.0 Å². The summed E-state index contributed by atoms with van der Waals surface area (Å²) in [5.41, 5.74) is 1.58. The molecule has 5 nitrogen and oxygen atoms in total. The van der Waals surface area contributed by atoms with Crippen LogP contribution in [0, 0.1) is 11.3 Å². The fourth-order valence-corrected chi connectivity index (χ4v) is 3.03. The Kier molecular flexibility index (Phi) is 6.24. The van der Waals surface area contributed by atoms with Gasteiger partial charge in [0.25, 0.3) is 0 Å². The molecule has 0 spiro atoms. The molecule has 0 aromatic heterocycles. The van der Waals surface area contributed by atoms with Crippen molar-refractivity contribution in [1.29, 1.82) is 5.26 Å². The smallest absolute Gasteiger partial charge is 0.334 e. The number of hydrogen-bond acceptors (Lipinski definition) is 4. The third-order valence-electron chi connectivity index (χ3n) is 4.50. The highest BCUT2D eigenvalue weighted by atomic mass is 16.5. The molecule has 0 bridgehead atoms. The van der Waals surface area contributed by atoms with Crippen LogP contribution in [0.2, 0.25) is 0 Å². The van der Waals surface area contributed by atoms with Crippen LogP contribution in [0.25, 0.3) is 0 Å². The van der Waals surface area contributed by atoms with E-state index in [1.54, 1.807) is 37.4 Å². The maximum Gasteiger partial charge on any atom is 0.334 e. The number of rotatable bonds is 8. The third kappa shape index (κ3) is 3.97. The molecule has 1 unspecified atom stereocenters. The van der Waals surface area contributed by atoms with Crippen molar-refractivity contribution in [2.45, 2.75) is 38.6 Å². The van der Waals surface area contributed by atoms with Crippen molar-refractivity contribution in [3.8, 4) is 11.8 Å². The molecule has 2 N–H and O–H groups in total. The van der Waals surface area contributed by atoms with Crippen LogP contribution in [0.4, 0.5) is 5.69 Å². The second-order valence-electron chi connectivity index (χ2n) is 6.20. The van der Waals surface area contributed by atoms with Crippen LogP contribution in [0.1, 0.15) is 43.4 Å². The van der Waals surface area contributed by atoms with Gasteiger partial charge in [-0.15, -0.1) is 0 Å². The number of carbonyl (C=O) groups is 1. The lowest BCUT2D eigenvalue weighted by Gasteiger charge is -2.32. The highest BCUT2D eigenvalue weighted by molar-refractivity contribution is 5.85. The van der Waals surface area contributed by atoms with E-state index in [2.05, 4.69) is 18.3 Å². The number of aryl methyl sites for hydroxylation is 1. The van der Waals surface area contributed by atoms with Crippen molar-refractivity contribution in [1.82, 2.24) is 0 Å². The minimum atomic E-state index is -1.29. The van der Waals surface area contributed by atoms with Crippen LogP contribution in [0.5, 0.6) is 5.75 Å². The molecule has 0 heterocycles. The molecule has 2 aromatic rings. The Morgan fingerprint density at radius 2 is 1.92 bits per heavy atom. The first kappa shape index (κ1) is 19.3. The van der Waals surface area contributed by atoms with E-state index < -0.39 is 11.5 Å². The average Bonchev–Trinajstić information content (AvgIpc) is 2.66. The summed E-state index contributed by atoms with van der Waals surface area (Å²) < 4.78 is 5.38. The van der Waals surface area contributed by atoms with Crippen molar-refractivity contribution in [2.75, 3.05) is 12.4 Å². The standard InChI is InChI=1S/C21H24N2O3/c1-4-6-16-11-17(13-19(12-16)26-3)21(5-2,20(24)25)23-18-9-7-15(14-22)8-10-18/h7-13,23H,4-6H2,1-3H3,(H,24,25). The van der Waals surface area contributed by atoms with Gasteiger partial charge in [0.2, 0.25) is 0 Å². The van der Waals surface area contributed by atoms with Crippen LogP contribution in [-0.2, 0) is 16.8 Å². The molecule has 0 radical (unpaired) electrons. The lowest BCUT2D eigenvalue weighted by molar-refractivity contribution is -0.142. The van der Waals surface area contributed by atoms with Crippen LogP contribution >= 0.6 is 0 Å². The highest BCUT2D eigenvalue weighted by Gasteiger charge is 2.39. The van der Waals surface area contributed by atoms with Crippen LogP contribution in [-0.4, -0.2) is 18.2 Å². The molecule has 26 heavy (non-hydrogen) atoms. The van der Waals surface area contributed by atoms with Gasteiger partial charge in [-0.2, -0.15) is 5.26 Å². The van der Waals surface area contributed by atoms with E-state index in [0.717, 1.165) is 18.4 Å². The Labute approximate surface area is 154 Å². The maximum absolute atomic E-state index is 12.3. The molecule has 5 heteroatoms. The second-order valence-corrected chi connectivity index (χ2v) is 6.20. The van der Waals surface area contributed by atoms with Crippen molar-refractivity contribution >= 4 is 11.7 Å². The zero-order chi connectivity index (χ0) is 19.2. The van der Waals surface area contributed by atoms with Gasteiger partial charge in [-0.3, -0.25) is 0 Å². The predicted octanol–water partition coefficient (Wildman–Crippen LogP) is 4.32. The number of nitriles is 1. The Hall–Kier alpha value is -3.00. The summed E-state index contributed by atoms with van der Waals surface area (Å²) >= 11 is 0. The van der Waals surface area contributed by atoms with Gasteiger partial charge >= 0.3 is 5.97 Å². The summed E-state index contributed by atoms with van der Waals surface area (Å²) in [6.07, 6.45) is 2.16. The number of carboxylic acids is 1. The third-order valence-corrected chi connectivity index (χ3v) is 4.50. The van der Waals surface area contributed by atoms with E-state index in [1.807, 2.05) is 19.1 Å². The Morgan fingerprint density at radius 3 is 2.42 bits per heavy atom. The summed E-state index contributed by atoms with van der Waals surface area (Å²) in [6.45, 7) is 3.92. The topological polar surface area (TPSA) is 82.3 Å². The molecule has 0 aliphatic rings. The number of benzene rings is 2. The molecule has 0 saturated heterocycles. The molecule has 2 rings (SSSR count). The van der Waals surface area contributed by atoms with Crippen LogP contribution < -0.4 is 10.1 Å². The largest absolute Gasteiger partial charge is 0.497 e. The lowest BCUT2D eigenvalue weighted by Crippen LogP contribution is -2.43. The highest BCUT2D eigenvalue weighted by Crippen LogP contribution is 2.34. The van der Waals surface area contributed by atoms with Crippen molar-refractivity contribution in [3.63, 3.8) is 0 Å². The quantitative estimate of drug-likeness (QED) is 0.739. The van der Waals surface area contributed by atoms with Crippen molar-refractivity contribution in [3.05, 3.63) is 59.2 Å². The molecule has 2 aromatic carbocycles. The molecular formula is C21H24N2O3. The van der Waals surface area contributed by atoms with Gasteiger partial charge in [-0.25, -0.2) is 4.79 Å². The molecule has 0 fully saturated rings. The molecule has 1 atom stereocenters. The first-order valence-corrected chi connectivity index (χ1v) is 8.69. The lowest BCUT2D eigenvalue weighted by atomic mass is 9.85. The van der Waals surface area contributed by atoms with Crippen molar-refractivity contribution < 1.29 is 14.6 Å². The summed E-state index contributed by atoms with van der Waals surface area (Å²) in [5, 5.41) is 22.2. The van der Waals surface area contributed by atoms with Gasteiger partial charge in [0.1, 0.15) is 5.75 Å². The minimum absolute atomic E-state index is 0.348. The number of aliphatic carboxylic acids is 1. The fraction of sp³-hybridized carbons (Fsp3) is 0.333. The molecule has 136 valence electrons. The number of carboxylic acid groups (broad SMARTS) is 1. The van der Waals surface area contributed by atoms with Gasteiger partial charge in [0.05, 0.1) is 18.7 Å². The summed E-state index contributed by atoms with van der Waals surface area (Å²) in [6, 6.07) is 14.5. The molecule has 0 aliphatic carbocycles. The molecule has 0 saturated carbocycles. The first-order valence-electron chi connectivity index (χ1n) is 8.69. The number of ether oxygens (including phenoxy) is 1. The molecule has 0 aliphatic heterocycles. The van der Waals surface area contributed by atoms with Gasteiger partial charge < -0.3 is 15.2 Å². The van der Waals surface area contributed by atoms with Crippen LogP contribution in [0.3, 0.4) is 0 Å². The SMILES string of the molecule is CCCc1cc(OC)cc(C(CC)(Nc2ccc(C#N)cc2)C(=O)O)c1. The second kappa shape index (κ2) is 8.39. The normalized spacial score (nSPS) is 12.7. The van der Waals surface area contributed by atoms with Gasteiger partial charge in [0, 0.05) is 5.69 Å². The van der Waals surface area contributed by atoms with Crippen molar-refractivity contribution in [2.24, 2.45) is 0 Å².